The molecule has 2 nitrogen and oxygen atoms in total. The van der Waals surface area contributed by atoms with Crippen LogP contribution in [0.5, 0.6) is 0 Å². The molecule has 0 fully saturated rings. The Balaban J connectivity index is -0.0000000800. The fourth-order valence-electron chi connectivity index (χ4n) is 0. The van der Waals surface area contributed by atoms with Crippen LogP contribution in [0.15, 0.2) is 12.7 Å². The van der Waals surface area contributed by atoms with Gasteiger partial charge in [0.15, 0.2) is 0 Å². The van der Waals surface area contributed by atoms with E-state index in [4.69, 9.17) is 9.90 Å². The predicted octanol–water partition coefficient (Wildman–Crippen LogP) is -2.26. The molecule has 0 amide bonds. The van der Waals surface area contributed by atoms with Crippen LogP contribution in [0.3, 0.4) is 0 Å². The van der Waals surface area contributed by atoms with Crippen molar-refractivity contribution in [1.82, 2.24) is 0 Å². The molecule has 7 heavy (non-hydrogen) atoms. The van der Waals surface area contributed by atoms with Crippen molar-refractivity contribution in [1.29, 1.82) is 0 Å². The second-order valence-corrected chi connectivity index (χ2v) is 0.523. The van der Waals surface area contributed by atoms with Gasteiger partial charge in [-0.15, -0.1) is 0 Å². The van der Waals surface area contributed by atoms with Crippen molar-refractivity contribution in [3.8, 4) is 0 Å². The van der Waals surface area contributed by atoms with Gasteiger partial charge in [-0.1, -0.05) is 6.58 Å². The van der Waals surface area contributed by atoms with E-state index in [-0.39, 0.29) is 30.4 Å². The Morgan fingerprint density at radius 3 is 1.86 bits per heavy atom. The van der Waals surface area contributed by atoms with Crippen molar-refractivity contribution in [2.75, 3.05) is 0 Å². The molecule has 4 heteroatoms. The fraction of sp³-hybridized carbons (Fsp3) is 0. The molecule has 0 saturated heterocycles. The first kappa shape index (κ1) is 15.7. The molecule has 37 valence electrons. The van der Waals surface area contributed by atoms with Gasteiger partial charge in [0.1, 0.15) is 0 Å². The summed E-state index contributed by atoms with van der Waals surface area (Å²) in [6.07, 6.45) is 0.722. The second-order valence-electron chi connectivity index (χ2n) is 0.523. The fourth-order valence-corrected chi connectivity index (χ4v) is 0. The Bertz CT molecular complexity index is 64.0. The SMILES string of the molecule is C=CC(=O)[O-].[SiH3].[Zn]. The zero-order chi connectivity index (χ0) is 4.28. The summed E-state index contributed by atoms with van der Waals surface area (Å²) in [5.74, 6) is -1.23. The van der Waals surface area contributed by atoms with Crippen LogP contribution >= 0.6 is 0 Å². The van der Waals surface area contributed by atoms with Crippen LogP contribution in [0.2, 0.25) is 0 Å². The van der Waals surface area contributed by atoms with E-state index in [1.54, 1.807) is 0 Å². The number of carboxylic acid groups (broad SMARTS) is 1. The van der Waals surface area contributed by atoms with Crippen molar-refractivity contribution < 1.29 is 29.4 Å². The van der Waals surface area contributed by atoms with Crippen LogP contribution in [0.1, 0.15) is 0 Å². The zero-order valence-electron chi connectivity index (χ0n) is 4.31. The molecule has 0 aliphatic rings. The normalized spacial score (nSPS) is 4.57. The van der Waals surface area contributed by atoms with Crippen molar-refractivity contribution in [2.45, 2.75) is 0 Å². The molecule has 0 aliphatic heterocycles. The summed E-state index contributed by atoms with van der Waals surface area (Å²) in [5.41, 5.74) is 0. The van der Waals surface area contributed by atoms with E-state index in [9.17, 15) is 0 Å². The summed E-state index contributed by atoms with van der Waals surface area (Å²) >= 11 is 0. The van der Waals surface area contributed by atoms with Gasteiger partial charge in [0.25, 0.3) is 0 Å². The predicted molar refractivity (Wildman–Crippen MR) is 25.1 cm³/mol. The Morgan fingerprint density at radius 2 is 1.86 bits per heavy atom. The molecule has 0 rings (SSSR count). The third-order valence-electron chi connectivity index (χ3n) is 0.167. The van der Waals surface area contributed by atoms with E-state index in [1.165, 1.54) is 0 Å². The van der Waals surface area contributed by atoms with E-state index in [1.807, 2.05) is 0 Å². The number of rotatable bonds is 1. The Labute approximate surface area is 59.4 Å². The number of hydrogen-bond acceptors (Lipinski definition) is 2. The number of carbonyl (C=O) groups excluding carboxylic acids is 1. The molecule has 0 N–H and O–H groups in total. The van der Waals surface area contributed by atoms with E-state index in [0.717, 1.165) is 6.08 Å². The number of carboxylic acids is 1. The average Bonchev–Trinajstić information content (AvgIpc) is 1.38. The van der Waals surface area contributed by atoms with Crippen LogP contribution in [0.4, 0.5) is 0 Å². The van der Waals surface area contributed by atoms with Gasteiger partial charge < -0.3 is 9.90 Å². The molecular weight excluding hydrogens is 162 g/mol. The summed E-state index contributed by atoms with van der Waals surface area (Å²) < 4.78 is 0. The third-order valence-corrected chi connectivity index (χ3v) is 0.167. The maximum atomic E-state index is 9.14. The minimum Gasteiger partial charge on any atom is -0.545 e. The molecule has 0 saturated carbocycles. The summed E-state index contributed by atoms with van der Waals surface area (Å²) in [4.78, 5) is 9.14. The maximum absolute atomic E-state index is 9.14. The van der Waals surface area contributed by atoms with Gasteiger partial charge >= 0.3 is 0 Å². The van der Waals surface area contributed by atoms with Gasteiger partial charge in [-0.05, 0) is 17.0 Å². The van der Waals surface area contributed by atoms with Crippen LogP contribution in [0, 0.1) is 0 Å². The summed E-state index contributed by atoms with van der Waals surface area (Å²) in [6, 6.07) is 0. The Kier molecular flexibility index (Phi) is 21.1. The summed E-state index contributed by atoms with van der Waals surface area (Å²) in [5, 5.41) is 9.14. The first-order chi connectivity index (χ1) is 2.27. The van der Waals surface area contributed by atoms with E-state index in [2.05, 4.69) is 6.58 Å². The molecule has 0 aromatic heterocycles. The quantitative estimate of drug-likeness (QED) is 0.327. The minimum atomic E-state index is -1.23. The average molecular weight is 168 g/mol. The zero-order valence-corrected chi connectivity index (χ0v) is 9.28. The topological polar surface area (TPSA) is 40.1 Å². The van der Waals surface area contributed by atoms with Gasteiger partial charge in [-0.2, -0.15) is 0 Å². The third kappa shape index (κ3) is 23.6. The molecule has 0 heterocycles. The first-order valence-electron chi connectivity index (χ1n) is 1.11. The standard InChI is InChI=1S/C3H4O2.H3Si.Zn/c1-2-3(4)5;;/h2H,1H2,(H,4,5);1H3;/p-1. The molecule has 0 aromatic rings. The smallest absolute Gasteiger partial charge is 0.0636 e. The van der Waals surface area contributed by atoms with Crippen LogP contribution in [0.25, 0.3) is 0 Å². The van der Waals surface area contributed by atoms with Crippen LogP contribution in [-0.2, 0) is 24.3 Å². The Hall–Kier alpha value is 0.0503. The van der Waals surface area contributed by atoms with E-state index in [0.29, 0.717) is 0 Å². The molecule has 1 radical (unpaired) electrons. The van der Waals surface area contributed by atoms with Crippen LogP contribution < -0.4 is 5.11 Å². The van der Waals surface area contributed by atoms with Crippen LogP contribution in [-0.4, -0.2) is 16.9 Å². The van der Waals surface area contributed by atoms with Crippen molar-refractivity contribution in [3.05, 3.63) is 12.7 Å². The maximum Gasteiger partial charge on any atom is 0.0636 e. The van der Waals surface area contributed by atoms with E-state index >= 15 is 0 Å². The van der Waals surface area contributed by atoms with Gasteiger partial charge in [0, 0.05) is 19.5 Å². The molecule has 0 atom stereocenters. The monoisotopic (exact) mass is 166 g/mol. The van der Waals surface area contributed by atoms with Gasteiger partial charge in [-0.3, -0.25) is 0 Å². The molecule has 0 spiro atoms. The number of hydrogen-bond donors (Lipinski definition) is 0. The second kappa shape index (κ2) is 9.41. The minimum absolute atomic E-state index is 0. The number of aliphatic carboxylic acids is 1. The van der Waals surface area contributed by atoms with Gasteiger partial charge in [0.05, 0.1) is 5.97 Å². The van der Waals surface area contributed by atoms with E-state index < -0.39 is 5.97 Å². The molecule has 0 bridgehead atoms. The van der Waals surface area contributed by atoms with Crippen molar-refractivity contribution in [2.24, 2.45) is 0 Å². The molecule has 0 aromatic carbocycles. The van der Waals surface area contributed by atoms with Crippen molar-refractivity contribution >= 4 is 16.9 Å². The van der Waals surface area contributed by atoms with Gasteiger partial charge in [-0.25, -0.2) is 0 Å². The number of carbonyl (C=O) groups is 1. The van der Waals surface area contributed by atoms with Crippen molar-refractivity contribution in [3.63, 3.8) is 0 Å². The first-order valence-corrected chi connectivity index (χ1v) is 1.11. The largest absolute Gasteiger partial charge is 0.545 e. The van der Waals surface area contributed by atoms with Gasteiger partial charge in [0.2, 0.25) is 0 Å². The molecular formula is C3H6O2SiZn-. The summed E-state index contributed by atoms with van der Waals surface area (Å²) in [6.45, 7) is 2.90. The Morgan fingerprint density at radius 1 is 1.71 bits per heavy atom. The molecule has 0 aliphatic carbocycles. The summed E-state index contributed by atoms with van der Waals surface area (Å²) in [7, 11) is 0. The molecule has 0 unspecified atom stereocenters.